The first-order valence-corrected chi connectivity index (χ1v) is 19.6. The lowest BCUT2D eigenvalue weighted by Crippen LogP contribution is -2.50. The first-order valence-electron chi connectivity index (χ1n) is 19.6. The molecule has 4 N–H and O–H groups in total. The van der Waals surface area contributed by atoms with Crippen LogP contribution in [0.1, 0.15) is 35.4 Å². The third-order valence-corrected chi connectivity index (χ3v) is 9.40. The molecule has 1 aliphatic rings. The summed E-state index contributed by atoms with van der Waals surface area (Å²) in [5, 5.41) is 25.4. The number of benzene rings is 2. The summed E-state index contributed by atoms with van der Waals surface area (Å²) in [6, 6.07) is 15.1. The van der Waals surface area contributed by atoms with Crippen LogP contribution >= 0.6 is 0 Å². The molecule has 23 nitrogen and oxygen atoms in total. The van der Waals surface area contributed by atoms with Crippen molar-refractivity contribution in [3.8, 4) is 0 Å². The van der Waals surface area contributed by atoms with Gasteiger partial charge in [-0.2, -0.15) is 0 Å². The largest absolute Gasteiger partial charge is 0.467 e. The fourth-order valence-electron chi connectivity index (χ4n) is 6.32. The quantitative estimate of drug-likeness (QED) is 0.0562. The minimum atomic E-state index is -1.18. The number of esters is 3. The van der Waals surface area contributed by atoms with Crippen molar-refractivity contribution in [2.45, 2.75) is 70.1 Å². The van der Waals surface area contributed by atoms with Crippen molar-refractivity contribution < 1.29 is 57.3 Å². The lowest BCUT2D eigenvalue weighted by molar-refractivity contribution is -0.151. The molecule has 1 aliphatic heterocycles. The van der Waals surface area contributed by atoms with Gasteiger partial charge in [-0.05, 0) is 24.0 Å². The number of carbonyl (C=O) groups is 8. The highest BCUT2D eigenvalue weighted by Gasteiger charge is 2.35. The van der Waals surface area contributed by atoms with Crippen molar-refractivity contribution >= 4 is 47.6 Å². The monoisotopic (exact) mass is 873 g/mol. The number of rotatable bonds is 21. The van der Waals surface area contributed by atoms with E-state index >= 15 is 0 Å². The summed E-state index contributed by atoms with van der Waals surface area (Å²) >= 11 is 0. The normalized spacial score (nSPS) is 14.1. The average molecular weight is 874 g/mol. The van der Waals surface area contributed by atoms with Crippen LogP contribution in [0.25, 0.3) is 0 Å². The summed E-state index contributed by atoms with van der Waals surface area (Å²) < 4.78 is 22.4. The Morgan fingerprint density at radius 2 is 1.30 bits per heavy atom. The van der Waals surface area contributed by atoms with Gasteiger partial charge in [0.25, 0.3) is 0 Å². The molecule has 3 heterocycles. The van der Waals surface area contributed by atoms with E-state index in [0.717, 1.165) is 5.56 Å². The number of carbonyl (C=O) groups excluding carboxylic acids is 8. The van der Waals surface area contributed by atoms with Crippen molar-refractivity contribution in [3.63, 3.8) is 0 Å². The van der Waals surface area contributed by atoms with Crippen LogP contribution in [0, 0.1) is 0 Å². The van der Waals surface area contributed by atoms with Crippen molar-refractivity contribution in [2.24, 2.45) is 0 Å². The maximum absolute atomic E-state index is 13.2. The number of aromatic nitrogens is 6. The number of amides is 5. The molecule has 5 rings (SSSR count). The van der Waals surface area contributed by atoms with Crippen LogP contribution in [0.2, 0.25) is 0 Å². The van der Waals surface area contributed by atoms with Crippen LogP contribution in [0.15, 0.2) is 73.1 Å². The zero-order valence-electron chi connectivity index (χ0n) is 34.5. The number of likely N-dealkylation sites (tertiary alicyclic amines) is 1. The van der Waals surface area contributed by atoms with Crippen molar-refractivity contribution in [1.82, 2.24) is 56.2 Å². The van der Waals surface area contributed by atoms with Gasteiger partial charge in [0.15, 0.2) is 0 Å². The molecular weight excluding hydrogens is 827 g/mol. The van der Waals surface area contributed by atoms with Crippen LogP contribution in [0.3, 0.4) is 0 Å². The van der Waals surface area contributed by atoms with Gasteiger partial charge in [-0.25, -0.2) is 23.7 Å². The van der Waals surface area contributed by atoms with Crippen LogP contribution in [-0.2, 0) is 91.7 Å². The van der Waals surface area contributed by atoms with E-state index in [4.69, 9.17) is 18.9 Å². The SMILES string of the molecule is COC(=O)[C@H](Cc1ccccc1)NC(=O)Cn1cc(COC(=O)CNC(=O)CNC(=O)[C@H](Cc2ccccc2)NC(=O)OCc2cn(CC(=O)N3CCC[C@H]3C(=O)OC)nn2)nn1. The second-order valence-corrected chi connectivity index (χ2v) is 14.0. The van der Waals surface area contributed by atoms with Gasteiger partial charge < -0.3 is 45.1 Å². The molecule has 334 valence electrons. The molecule has 0 radical (unpaired) electrons. The van der Waals surface area contributed by atoms with Gasteiger partial charge in [-0.1, -0.05) is 71.1 Å². The molecule has 23 heteroatoms. The summed E-state index contributed by atoms with van der Waals surface area (Å²) in [6.07, 6.45) is 3.21. The molecule has 0 unspecified atom stereocenters. The summed E-state index contributed by atoms with van der Waals surface area (Å²) in [7, 11) is 2.48. The first kappa shape index (κ1) is 46.3. The molecule has 63 heavy (non-hydrogen) atoms. The molecule has 1 fully saturated rings. The number of alkyl carbamates (subject to hydrolysis) is 1. The average Bonchev–Trinajstić information content (AvgIpc) is 4.08. The van der Waals surface area contributed by atoms with Crippen LogP contribution in [0.5, 0.6) is 0 Å². The molecule has 2 aromatic heterocycles. The van der Waals surface area contributed by atoms with Crippen molar-refractivity contribution in [3.05, 3.63) is 95.6 Å². The predicted octanol–water partition coefficient (Wildman–Crippen LogP) is -1.25. The Kier molecular flexibility index (Phi) is 17.2. The predicted molar refractivity (Wildman–Crippen MR) is 214 cm³/mol. The minimum absolute atomic E-state index is 0.0364. The third-order valence-electron chi connectivity index (χ3n) is 9.40. The molecule has 4 aromatic rings. The van der Waals surface area contributed by atoms with Crippen molar-refractivity contribution in [1.29, 1.82) is 0 Å². The number of hydrogen-bond donors (Lipinski definition) is 4. The van der Waals surface area contributed by atoms with Crippen LogP contribution in [0.4, 0.5) is 4.79 Å². The summed E-state index contributed by atoms with van der Waals surface area (Å²) in [6.45, 7) is -1.87. The molecule has 0 bridgehead atoms. The molecule has 2 aromatic carbocycles. The van der Waals surface area contributed by atoms with Gasteiger partial charge in [0.1, 0.15) is 62.4 Å². The van der Waals surface area contributed by atoms with Gasteiger partial charge in [0.05, 0.1) is 33.2 Å². The Morgan fingerprint density at radius 3 is 1.92 bits per heavy atom. The molecular formula is C40H47N11O12. The Labute approximate surface area is 360 Å². The Balaban J connectivity index is 1.02. The van der Waals surface area contributed by atoms with E-state index in [1.807, 2.05) is 30.3 Å². The molecule has 0 spiro atoms. The zero-order chi connectivity index (χ0) is 45.1. The van der Waals surface area contributed by atoms with Crippen LogP contribution < -0.4 is 21.3 Å². The van der Waals surface area contributed by atoms with E-state index < -0.39 is 72.9 Å². The van der Waals surface area contributed by atoms with Gasteiger partial charge in [0.2, 0.25) is 23.6 Å². The topological polar surface area (TPSA) is 286 Å². The number of methoxy groups -OCH3 is 2. The van der Waals surface area contributed by atoms with E-state index in [1.54, 1.807) is 30.3 Å². The second kappa shape index (κ2) is 23.3. The van der Waals surface area contributed by atoms with Gasteiger partial charge >= 0.3 is 24.0 Å². The fraction of sp³-hybridized carbons (Fsp3) is 0.400. The zero-order valence-corrected chi connectivity index (χ0v) is 34.5. The molecule has 0 saturated carbocycles. The maximum Gasteiger partial charge on any atom is 0.408 e. The lowest BCUT2D eigenvalue weighted by Gasteiger charge is -2.22. The smallest absolute Gasteiger partial charge is 0.408 e. The maximum atomic E-state index is 13.2. The minimum Gasteiger partial charge on any atom is -0.467 e. The highest BCUT2D eigenvalue weighted by Crippen LogP contribution is 2.19. The highest BCUT2D eigenvalue weighted by molar-refractivity contribution is 5.90. The Bertz CT molecular complexity index is 2220. The molecule has 5 amide bonds. The second-order valence-electron chi connectivity index (χ2n) is 14.0. The summed E-state index contributed by atoms with van der Waals surface area (Å²) in [5.74, 6) is -4.28. The van der Waals surface area contributed by atoms with E-state index in [9.17, 15) is 38.4 Å². The number of hydrogen-bond acceptors (Lipinski definition) is 16. The molecule has 1 saturated heterocycles. The third kappa shape index (κ3) is 14.8. The summed E-state index contributed by atoms with van der Waals surface area (Å²) in [5.41, 5.74) is 1.92. The molecule has 0 aliphatic carbocycles. The Morgan fingerprint density at radius 1 is 0.698 bits per heavy atom. The van der Waals surface area contributed by atoms with Crippen LogP contribution in [-0.4, -0.2) is 134 Å². The van der Waals surface area contributed by atoms with Crippen molar-refractivity contribution in [2.75, 3.05) is 33.9 Å². The van der Waals surface area contributed by atoms with E-state index in [0.29, 0.717) is 24.9 Å². The van der Waals surface area contributed by atoms with Gasteiger partial charge in [0, 0.05) is 19.4 Å². The Hall–Kier alpha value is -7.72. The van der Waals surface area contributed by atoms with E-state index in [-0.39, 0.29) is 56.4 Å². The highest BCUT2D eigenvalue weighted by atomic mass is 16.6. The number of nitrogens with zero attached hydrogens (tertiary/aromatic N) is 7. The fourth-order valence-corrected chi connectivity index (χ4v) is 6.32. The van der Waals surface area contributed by atoms with E-state index in [2.05, 4.69) is 41.9 Å². The number of ether oxygens (including phenoxy) is 4. The summed E-state index contributed by atoms with van der Waals surface area (Å²) in [4.78, 5) is 102. The number of nitrogens with one attached hydrogen (secondary N) is 4. The van der Waals surface area contributed by atoms with E-state index in [1.165, 1.54) is 40.9 Å². The van der Waals surface area contributed by atoms with Gasteiger partial charge in [-0.15, -0.1) is 10.2 Å². The first-order chi connectivity index (χ1) is 30.4. The molecule has 3 atom stereocenters. The standard InChI is InChI=1S/C40H47N11O12/c1-60-38(57)31(17-27-12-7-4-8-13-27)43-34(53)22-49-20-28(45-47-49)24-62-36(55)19-41-33(52)18-42-37(56)30(16-26-10-5-3-6-11-26)44-40(59)63-25-29-21-50(48-46-29)23-35(54)51-15-9-14-32(51)39(58)61-2/h3-8,10-13,20-21,30-32H,9,14-19,22-25H2,1-2H3,(H,41,52)(H,42,56)(H,43,53)(H,44,59)/t30-,31-,32-/m0/s1. The van der Waals surface area contributed by atoms with Gasteiger partial charge in [-0.3, -0.25) is 24.0 Å². The lowest BCUT2D eigenvalue weighted by atomic mass is 10.1.